The van der Waals surface area contributed by atoms with Gasteiger partial charge in [-0.2, -0.15) is 10.1 Å². The van der Waals surface area contributed by atoms with E-state index < -0.39 is 0 Å². The van der Waals surface area contributed by atoms with Gasteiger partial charge in [-0.1, -0.05) is 78.3 Å². The highest BCUT2D eigenvalue weighted by Crippen LogP contribution is 2.36. The fraction of sp³-hybridized carbons (Fsp3) is 0.118. The molecule has 1 aliphatic heterocycles. The Balaban J connectivity index is 1.56. The maximum Gasteiger partial charge on any atom is 0.281 e. The number of carbonyl (C=O) groups is 1. The zero-order valence-electron chi connectivity index (χ0n) is 22.2. The Hall–Kier alpha value is -4.61. The molecule has 0 saturated heterocycles. The van der Waals surface area contributed by atoms with Crippen LogP contribution in [0, 0.1) is 0 Å². The summed E-state index contributed by atoms with van der Waals surface area (Å²) in [7, 11) is 0. The van der Waals surface area contributed by atoms with Crippen LogP contribution in [-0.4, -0.2) is 18.2 Å². The van der Waals surface area contributed by atoms with E-state index in [1.165, 1.54) is 5.01 Å². The van der Waals surface area contributed by atoms with Gasteiger partial charge in [-0.05, 0) is 66.9 Å². The van der Waals surface area contributed by atoms with Crippen molar-refractivity contribution in [3.8, 4) is 11.5 Å². The first kappa shape index (κ1) is 27.0. The molecule has 0 atom stereocenters. The van der Waals surface area contributed by atoms with E-state index in [0.29, 0.717) is 53.1 Å². The van der Waals surface area contributed by atoms with Crippen molar-refractivity contribution in [3.05, 3.63) is 143 Å². The first-order valence-electron chi connectivity index (χ1n) is 13.1. The van der Waals surface area contributed by atoms with Gasteiger partial charge in [0, 0.05) is 16.1 Å². The summed E-state index contributed by atoms with van der Waals surface area (Å²) in [6.07, 6.45) is 4.25. The van der Waals surface area contributed by atoms with E-state index in [9.17, 15) is 4.79 Å². The standard InChI is InChI=1S/C34H29ClN2O3/c1-3-12-27-19-25(22-31(39-4-2)33(27)40-23-24-13-11-16-28(35)20-24)21-30-32(26-14-7-5-8-15-26)36-37(34(30)38)29-17-9-6-10-18-29/h3,5-11,13-22H,1,4,12,23H2,2H3/b30-21-. The number of hydrazone groups is 1. The summed E-state index contributed by atoms with van der Waals surface area (Å²) in [5.74, 6) is 1.04. The Morgan fingerprint density at radius 1 is 0.925 bits per heavy atom. The molecule has 0 aliphatic carbocycles. The predicted molar refractivity (Wildman–Crippen MR) is 162 cm³/mol. The summed E-state index contributed by atoms with van der Waals surface area (Å²) in [5, 5.41) is 6.84. The van der Waals surface area contributed by atoms with Crippen molar-refractivity contribution >= 4 is 35.0 Å². The van der Waals surface area contributed by atoms with Crippen LogP contribution in [0.5, 0.6) is 11.5 Å². The summed E-state index contributed by atoms with van der Waals surface area (Å²) >= 11 is 6.17. The lowest BCUT2D eigenvalue weighted by atomic mass is 9.98. The Morgan fingerprint density at radius 3 is 2.38 bits per heavy atom. The summed E-state index contributed by atoms with van der Waals surface area (Å²) < 4.78 is 12.3. The number of amides is 1. The average molecular weight is 549 g/mol. The zero-order valence-corrected chi connectivity index (χ0v) is 23.0. The minimum atomic E-state index is -0.199. The van der Waals surface area contributed by atoms with Crippen LogP contribution in [0.2, 0.25) is 5.02 Å². The first-order valence-corrected chi connectivity index (χ1v) is 13.5. The van der Waals surface area contributed by atoms with Gasteiger partial charge in [0.2, 0.25) is 0 Å². The number of para-hydroxylation sites is 1. The molecule has 5 nitrogen and oxygen atoms in total. The number of carbonyl (C=O) groups excluding carboxylic acids is 1. The van der Waals surface area contributed by atoms with E-state index in [1.807, 2.05) is 116 Å². The fourth-order valence-electron chi connectivity index (χ4n) is 4.55. The molecule has 0 bridgehead atoms. The number of allylic oxidation sites excluding steroid dienone is 1. The summed E-state index contributed by atoms with van der Waals surface area (Å²) in [6.45, 7) is 6.65. The van der Waals surface area contributed by atoms with E-state index in [2.05, 4.69) is 6.58 Å². The third kappa shape index (κ3) is 6.00. The minimum absolute atomic E-state index is 0.199. The number of hydrogen-bond donors (Lipinski definition) is 0. The number of halogens is 1. The van der Waals surface area contributed by atoms with Crippen molar-refractivity contribution < 1.29 is 14.3 Å². The van der Waals surface area contributed by atoms with Crippen molar-refractivity contribution in [1.29, 1.82) is 0 Å². The summed E-state index contributed by atoms with van der Waals surface area (Å²) in [6, 6.07) is 30.6. The molecule has 1 aliphatic rings. The molecule has 4 aromatic carbocycles. The van der Waals surface area contributed by atoms with Crippen LogP contribution in [0.25, 0.3) is 6.08 Å². The van der Waals surface area contributed by atoms with E-state index in [4.69, 9.17) is 26.2 Å². The van der Waals surface area contributed by atoms with Crippen LogP contribution in [0.4, 0.5) is 5.69 Å². The molecule has 0 unspecified atom stereocenters. The van der Waals surface area contributed by atoms with Crippen LogP contribution < -0.4 is 14.5 Å². The van der Waals surface area contributed by atoms with Gasteiger partial charge in [-0.15, -0.1) is 6.58 Å². The molecule has 0 aromatic heterocycles. The van der Waals surface area contributed by atoms with Crippen molar-refractivity contribution in [2.45, 2.75) is 20.0 Å². The number of hydrogen-bond acceptors (Lipinski definition) is 4. The SMILES string of the molecule is C=CCc1cc(/C=C2\C(=O)N(c3ccccc3)N=C2c2ccccc2)cc(OCC)c1OCc1cccc(Cl)c1. The van der Waals surface area contributed by atoms with Gasteiger partial charge < -0.3 is 9.47 Å². The molecule has 0 spiro atoms. The lowest BCUT2D eigenvalue weighted by Crippen LogP contribution is -2.21. The van der Waals surface area contributed by atoms with E-state index in [0.717, 1.165) is 22.3 Å². The number of anilines is 1. The Kier molecular flexibility index (Phi) is 8.43. The second-order valence-electron chi connectivity index (χ2n) is 9.18. The Morgan fingerprint density at radius 2 is 1.68 bits per heavy atom. The Labute approximate surface area is 239 Å². The Bertz CT molecular complexity index is 1580. The van der Waals surface area contributed by atoms with Crippen LogP contribution in [0.3, 0.4) is 0 Å². The summed E-state index contributed by atoms with van der Waals surface area (Å²) in [4.78, 5) is 13.7. The molecule has 200 valence electrons. The van der Waals surface area contributed by atoms with Crippen LogP contribution in [0.1, 0.15) is 29.2 Å². The topological polar surface area (TPSA) is 51.1 Å². The van der Waals surface area contributed by atoms with Gasteiger partial charge >= 0.3 is 0 Å². The first-order chi connectivity index (χ1) is 19.6. The quantitative estimate of drug-likeness (QED) is 0.150. The molecule has 6 heteroatoms. The van der Waals surface area contributed by atoms with Gasteiger partial charge in [-0.25, -0.2) is 0 Å². The monoisotopic (exact) mass is 548 g/mol. The van der Waals surface area contributed by atoms with E-state index >= 15 is 0 Å². The van der Waals surface area contributed by atoms with Gasteiger partial charge in [0.25, 0.3) is 5.91 Å². The van der Waals surface area contributed by atoms with Crippen LogP contribution in [0.15, 0.2) is 120 Å². The smallest absolute Gasteiger partial charge is 0.281 e. The molecule has 0 radical (unpaired) electrons. The van der Waals surface area contributed by atoms with Crippen molar-refractivity contribution in [3.63, 3.8) is 0 Å². The lowest BCUT2D eigenvalue weighted by molar-refractivity contribution is -0.114. The molecule has 0 N–H and O–H groups in total. The number of rotatable bonds is 10. The second-order valence-corrected chi connectivity index (χ2v) is 9.61. The van der Waals surface area contributed by atoms with Gasteiger partial charge in [-0.3, -0.25) is 4.79 Å². The largest absolute Gasteiger partial charge is 0.490 e. The van der Waals surface area contributed by atoms with Crippen LogP contribution >= 0.6 is 11.6 Å². The molecule has 5 rings (SSSR count). The number of benzene rings is 4. The minimum Gasteiger partial charge on any atom is -0.490 e. The summed E-state index contributed by atoms with van der Waals surface area (Å²) in [5.41, 5.74) is 5.33. The molecule has 0 saturated carbocycles. The highest BCUT2D eigenvalue weighted by atomic mass is 35.5. The fourth-order valence-corrected chi connectivity index (χ4v) is 4.76. The molecule has 4 aromatic rings. The van der Waals surface area contributed by atoms with Gasteiger partial charge in [0.1, 0.15) is 12.3 Å². The van der Waals surface area contributed by atoms with Gasteiger partial charge in [0.15, 0.2) is 11.5 Å². The molecule has 0 fully saturated rings. The lowest BCUT2D eigenvalue weighted by Gasteiger charge is -2.17. The molecular weight excluding hydrogens is 520 g/mol. The molecule has 1 amide bonds. The predicted octanol–water partition coefficient (Wildman–Crippen LogP) is 7.88. The second kappa shape index (κ2) is 12.5. The van der Waals surface area contributed by atoms with Gasteiger partial charge in [0.05, 0.1) is 17.9 Å². The van der Waals surface area contributed by atoms with Crippen LogP contribution in [-0.2, 0) is 17.8 Å². The highest BCUT2D eigenvalue weighted by molar-refractivity contribution is 6.37. The third-order valence-corrected chi connectivity index (χ3v) is 6.56. The maximum atomic E-state index is 13.7. The number of ether oxygens (including phenoxy) is 2. The highest BCUT2D eigenvalue weighted by Gasteiger charge is 2.32. The normalized spacial score (nSPS) is 13.8. The van der Waals surface area contributed by atoms with Crippen molar-refractivity contribution in [1.82, 2.24) is 0 Å². The van der Waals surface area contributed by atoms with E-state index in [-0.39, 0.29) is 5.91 Å². The molecule has 40 heavy (non-hydrogen) atoms. The molecule has 1 heterocycles. The third-order valence-electron chi connectivity index (χ3n) is 6.33. The van der Waals surface area contributed by atoms with E-state index in [1.54, 1.807) is 0 Å². The maximum absolute atomic E-state index is 13.7. The average Bonchev–Trinajstić information content (AvgIpc) is 3.29. The zero-order chi connectivity index (χ0) is 27.9. The van der Waals surface area contributed by atoms with Crippen molar-refractivity contribution in [2.24, 2.45) is 5.10 Å². The van der Waals surface area contributed by atoms with Crippen molar-refractivity contribution in [2.75, 3.05) is 11.6 Å². The number of nitrogens with zero attached hydrogens (tertiary/aromatic N) is 2. The molecular formula is C34H29ClN2O3.